The van der Waals surface area contributed by atoms with E-state index in [0.717, 1.165) is 11.1 Å². The average Bonchev–Trinajstić information content (AvgIpc) is 3.07. The number of hydrogen-bond acceptors (Lipinski definition) is 5. The molecule has 0 amide bonds. The second-order valence-electron chi connectivity index (χ2n) is 11.0. The van der Waals surface area contributed by atoms with Crippen LogP contribution in [0.1, 0.15) is 31.9 Å². The molecule has 0 saturated heterocycles. The predicted octanol–water partition coefficient (Wildman–Crippen LogP) is 4.63. The van der Waals surface area contributed by atoms with Crippen molar-refractivity contribution in [3.63, 3.8) is 0 Å². The van der Waals surface area contributed by atoms with Gasteiger partial charge in [0.25, 0.3) is 0 Å². The zero-order valence-corrected chi connectivity index (χ0v) is 24.2. The van der Waals surface area contributed by atoms with Gasteiger partial charge in [-0.3, -0.25) is 0 Å². The largest absolute Gasteiger partial charge is 0.411 e. The van der Waals surface area contributed by atoms with E-state index in [0.29, 0.717) is 24.9 Å². The lowest BCUT2D eigenvalue weighted by molar-refractivity contribution is -0.0546. The molecular formula is C28H42N2O4SSi. The molecule has 3 N–H and O–H groups in total. The summed E-state index contributed by atoms with van der Waals surface area (Å²) in [5.41, 5.74) is 2.16. The second kappa shape index (κ2) is 12.6. The SMILES string of the molecule is CNC(=S)N[C@H]1[C@@H](O)[C@H](COCc2ccccc2)[C@@H](O[Si](C)(C)C(C)(C)C)[C@@H]1OCc1ccccc1. The van der Waals surface area contributed by atoms with Gasteiger partial charge in [-0.25, -0.2) is 0 Å². The van der Waals surface area contributed by atoms with Crippen LogP contribution in [-0.2, 0) is 27.1 Å². The van der Waals surface area contributed by atoms with E-state index < -0.39 is 26.6 Å². The minimum atomic E-state index is -2.20. The Kier molecular flexibility index (Phi) is 10.1. The molecule has 5 atom stereocenters. The zero-order chi connectivity index (χ0) is 26.3. The highest BCUT2D eigenvalue weighted by Crippen LogP contribution is 2.42. The first-order valence-corrected chi connectivity index (χ1v) is 16.0. The molecule has 36 heavy (non-hydrogen) atoms. The molecular weight excluding hydrogens is 488 g/mol. The van der Waals surface area contributed by atoms with Crippen molar-refractivity contribution >= 4 is 25.6 Å². The Morgan fingerprint density at radius 1 is 0.944 bits per heavy atom. The minimum absolute atomic E-state index is 0.00314. The van der Waals surface area contributed by atoms with Crippen molar-refractivity contribution in [2.24, 2.45) is 5.92 Å². The number of aliphatic hydroxyl groups excluding tert-OH is 1. The number of aliphatic hydroxyl groups is 1. The first-order chi connectivity index (χ1) is 17.0. The van der Waals surface area contributed by atoms with Crippen LogP contribution in [0.2, 0.25) is 18.1 Å². The molecule has 0 aromatic heterocycles. The smallest absolute Gasteiger partial charge is 0.192 e. The molecule has 0 spiro atoms. The van der Waals surface area contributed by atoms with E-state index in [4.69, 9.17) is 26.1 Å². The monoisotopic (exact) mass is 530 g/mol. The Morgan fingerprint density at radius 2 is 1.50 bits per heavy atom. The number of thiocarbonyl (C=S) groups is 1. The molecule has 8 heteroatoms. The average molecular weight is 531 g/mol. The Labute approximate surface area is 222 Å². The number of nitrogens with one attached hydrogen (secondary N) is 2. The number of rotatable bonds is 10. The molecule has 6 nitrogen and oxygen atoms in total. The number of hydrogen-bond donors (Lipinski definition) is 3. The van der Waals surface area contributed by atoms with Crippen molar-refractivity contribution in [1.82, 2.24) is 10.6 Å². The summed E-state index contributed by atoms with van der Waals surface area (Å²) in [7, 11) is -0.431. The molecule has 0 aliphatic heterocycles. The molecule has 0 heterocycles. The summed E-state index contributed by atoms with van der Waals surface area (Å²) in [5.74, 6) is -0.277. The topological polar surface area (TPSA) is 72.0 Å². The number of benzene rings is 2. The van der Waals surface area contributed by atoms with Crippen LogP contribution >= 0.6 is 12.2 Å². The Balaban J connectivity index is 1.87. The standard InChI is InChI=1S/C28H42N2O4SSi/c1-28(2,3)36(5,6)34-25-22(19-32-17-20-13-9-7-10-14-20)24(31)23(30-27(35)29-4)26(25)33-18-21-15-11-8-12-16-21/h7-16,22-26,31H,17-19H2,1-6H3,(H2,29,30,35)/t22-,23-,24-,25+,26+/m0/s1. The highest BCUT2D eigenvalue weighted by atomic mass is 32.1. The Morgan fingerprint density at radius 3 is 2.03 bits per heavy atom. The maximum absolute atomic E-state index is 11.6. The van der Waals surface area contributed by atoms with E-state index >= 15 is 0 Å². The molecule has 1 aliphatic carbocycles. The van der Waals surface area contributed by atoms with Crippen LogP contribution in [0, 0.1) is 5.92 Å². The normalized spacial score (nSPS) is 24.5. The van der Waals surface area contributed by atoms with E-state index in [9.17, 15) is 5.11 Å². The van der Waals surface area contributed by atoms with Crippen LogP contribution in [0.15, 0.2) is 60.7 Å². The predicted molar refractivity (Wildman–Crippen MR) is 151 cm³/mol. The summed E-state index contributed by atoms with van der Waals surface area (Å²) in [5, 5.41) is 18.3. The van der Waals surface area contributed by atoms with Crippen LogP contribution in [0.4, 0.5) is 0 Å². The molecule has 0 bridgehead atoms. The van der Waals surface area contributed by atoms with Crippen molar-refractivity contribution in [2.45, 2.75) is 76.5 Å². The minimum Gasteiger partial charge on any atom is -0.411 e. The summed E-state index contributed by atoms with van der Waals surface area (Å²) in [6.07, 6.45) is -1.52. The summed E-state index contributed by atoms with van der Waals surface area (Å²) < 4.78 is 19.6. The van der Waals surface area contributed by atoms with Crippen molar-refractivity contribution in [2.75, 3.05) is 13.7 Å². The molecule has 2 aromatic rings. The third-order valence-electron chi connectivity index (χ3n) is 7.38. The molecule has 1 saturated carbocycles. The third-order valence-corrected chi connectivity index (χ3v) is 12.2. The summed E-state index contributed by atoms with van der Waals surface area (Å²) >= 11 is 5.42. The summed E-state index contributed by atoms with van der Waals surface area (Å²) in [6, 6.07) is 19.7. The van der Waals surface area contributed by atoms with Crippen LogP contribution in [-0.4, -0.2) is 56.5 Å². The van der Waals surface area contributed by atoms with Crippen molar-refractivity contribution in [1.29, 1.82) is 0 Å². The molecule has 1 fully saturated rings. The fraction of sp³-hybridized carbons (Fsp3) is 0.536. The lowest BCUT2D eigenvalue weighted by atomic mass is 10.0. The third kappa shape index (κ3) is 7.37. The maximum Gasteiger partial charge on any atom is 0.192 e. The fourth-order valence-corrected chi connectivity index (χ4v) is 5.69. The molecule has 0 unspecified atom stereocenters. The van der Waals surface area contributed by atoms with Gasteiger partial charge in [0.2, 0.25) is 0 Å². The highest BCUT2D eigenvalue weighted by molar-refractivity contribution is 7.80. The lowest BCUT2D eigenvalue weighted by Gasteiger charge is -2.41. The van der Waals surface area contributed by atoms with Crippen molar-refractivity contribution < 1.29 is 19.0 Å². The van der Waals surface area contributed by atoms with Crippen LogP contribution in [0.25, 0.3) is 0 Å². The Hall–Kier alpha value is -1.81. The van der Waals surface area contributed by atoms with Crippen molar-refractivity contribution in [3.05, 3.63) is 71.8 Å². The summed E-state index contributed by atoms with van der Waals surface area (Å²) in [6.45, 7) is 12.4. The Bertz CT molecular complexity index is 955. The molecule has 0 radical (unpaired) electrons. The van der Waals surface area contributed by atoms with Gasteiger partial charge >= 0.3 is 0 Å². The zero-order valence-electron chi connectivity index (χ0n) is 22.4. The van der Waals surface area contributed by atoms with Gasteiger partial charge < -0.3 is 29.6 Å². The molecule has 198 valence electrons. The lowest BCUT2D eigenvalue weighted by Crippen LogP contribution is -2.53. The summed E-state index contributed by atoms with van der Waals surface area (Å²) in [4.78, 5) is 0. The maximum atomic E-state index is 11.6. The van der Waals surface area contributed by atoms with E-state index in [1.165, 1.54) is 0 Å². The molecule has 2 aromatic carbocycles. The van der Waals surface area contributed by atoms with E-state index in [-0.39, 0.29) is 17.1 Å². The fourth-order valence-electron chi connectivity index (χ4n) is 4.21. The van der Waals surface area contributed by atoms with Crippen LogP contribution < -0.4 is 10.6 Å². The van der Waals surface area contributed by atoms with Gasteiger partial charge in [0.15, 0.2) is 13.4 Å². The van der Waals surface area contributed by atoms with Gasteiger partial charge in [0, 0.05) is 13.0 Å². The highest BCUT2D eigenvalue weighted by Gasteiger charge is 2.54. The second-order valence-corrected chi connectivity index (χ2v) is 16.2. The first kappa shape index (κ1) is 28.8. The van der Waals surface area contributed by atoms with Crippen molar-refractivity contribution in [3.8, 4) is 0 Å². The van der Waals surface area contributed by atoms with E-state index in [1.807, 2.05) is 60.7 Å². The van der Waals surface area contributed by atoms with Gasteiger partial charge in [-0.1, -0.05) is 81.4 Å². The van der Waals surface area contributed by atoms with E-state index in [2.05, 4.69) is 44.5 Å². The van der Waals surface area contributed by atoms with Crippen LogP contribution in [0.3, 0.4) is 0 Å². The van der Waals surface area contributed by atoms with Gasteiger partial charge in [-0.05, 0) is 41.5 Å². The van der Waals surface area contributed by atoms with E-state index in [1.54, 1.807) is 7.05 Å². The number of ether oxygens (including phenoxy) is 2. The van der Waals surface area contributed by atoms with Gasteiger partial charge in [-0.15, -0.1) is 0 Å². The quantitative estimate of drug-likeness (QED) is 0.306. The van der Waals surface area contributed by atoms with Gasteiger partial charge in [0.1, 0.15) is 6.10 Å². The van der Waals surface area contributed by atoms with Gasteiger partial charge in [-0.2, -0.15) is 0 Å². The molecule has 3 rings (SSSR count). The van der Waals surface area contributed by atoms with Gasteiger partial charge in [0.05, 0.1) is 38.1 Å². The first-order valence-electron chi connectivity index (χ1n) is 12.6. The molecule has 1 aliphatic rings. The van der Waals surface area contributed by atoms with Crippen LogP contribution in [0.5, 0.6) is 0 Å².